The Morgan fingerprint density at radius 2 is 2.04 bits per heavy atom. The molecule has 0 saturated heterocycles. The standard InChI is InChI=1S/C21H24F2N2/c1-14(21(2,3)4)25-20-13-16(8-11-18(20)23)19(24)12-7-15-5-9-17(22)10-6-15/h5,7-13,15,24-25H,1,6H2,2-4H3/b12-7+,24-19?. The molecule has 1 unspecified atom stereocenters. The van der Waals surface area contributed by atoms with Crippen LogP contribution in [-0.4, -0.2) is 5.71 Å². The molecule has 1 aromatic carbocycles. The smallest absolute Gasteiger partial charge is 0.146 e. The minimum atomic E-state index is -0.387. The maximum atomic E-state index is 14.1. The lowest BCUT2D eigenvalue weighted by Gasteiger charge is -2.23. The lowest BCUT2D eigenvalue weighted by atomic mass is 9.92. The van der Waals surface area contributed by atoms with Gasteiger partial charge >= 0.3 is 0 Å². The number of allylic oxidation sites excluding steroid dienone is 7. The van der Waals surface area contributed by atoms with E-state index in [1.54, 1.807) is 24.3 Å². The molecular formula is C21H24F2N2. The van der Waals surface area contributed by atoms with Gasteiger partial charge in [-0.25, -0.2) is 8.78 Å². The van der Waals surface area contributed by atoms with E-state index >= 15 is 0 Å². The Morgan fingerprint density at radius 3 is 2.64 bits per heavy atom. The number of anilines is 1. The summed E-state index contributed by atoms with van der Waals surface area (Å²) in [4.78, 5) is 0. The third kappa shape index (κ3) is 5.24. The lowest BCUT2D eigenvalue weighted by Crippen LogP contribution is -2.16. The first kappa shape index (κ1) is 18.8. The number of rotatable bonds is 5. The minimum absolute atomic E-state index is 0.0681. The Hall–Kier alpha value is -2.49. The summed E-state index contributed by atoms with van der Waals surface area (Å²) in [5.74, 6) is -0.548. The number of hydrogen-bond acceptors (Lipinski definition) is 2. The summed E-state index contributed by atoms with van der Waals surface area (Å²) in [6.07, 6.45) is 8.82. The Balaban J connectivity index is 2.11. The fourth-order valence-corrected chi connectivity index (χ4v) is 2.21. The highest BCUT2D eigenvalue weighted by molar-refractivity contribution is 6.07. The van der Waals surface area contributed by atoms with Gasteiger partial charge in [-0.05, 0) is 48.8 Å². The van der Waals surface area contributed by atoms with Crippen LogP contribution in [0.15, 0.2) is 66.7 Å². The Kier molecular flexibility index (Phi) is 5.73. The van der Waals surface area contributed by atoms with Gasteiger partial charge in [0.2, 0.25) is 0 Å². The first-order chi connectivity index (χ1) is 11.7. The van der Waals surface area contributed by atoms with Gasteiger partial charge in [-0.3, -0.25) is 0 Å². The summed E-state index contributed by atoms with van der Waals surface area (Å²) in [7, 11) is 0. The molecule has 0 aliphatic heterocycles. The molecule has 0 heterocycles. The van der Waals surface area contributed by atoms with Gasteiger partial charge in [0.05, 0.1) is 11.4 Å². The number of halogens is 2. The van der Waals surface area contributed by atoms with Crippen LogP contribution < -0.4 is 5.32 Å². The monoisotopic (exact) mass is 342 g/mol. The average molecular weight is 342 g/mol. The van der Waals surface area contributed by atoms with Crippen LogP contribution in [-0.2, 0) is 0 Å². The molecule has 0 amide bonds. The third-order valence-corrected chi connectivity index (χ3v) is 4.07. The fourth-order valence-electron chi connectivity index (χ4n) is 2.21. The average Bonchev–Trinajstić information content (AvgIpc) is 2.55. The molecule has 2 nitrogen and oxygen atoms in total. The summed E-state index contributed by atoms with van der Waals surface area (Å²) in [6, 6.07) is 4.52. The molecule has 0 bridgehead atoms. The van der Waals surface area contributed by atoms with Crippen molar-refractivity contribution >= 4 is 11.4 Å². The molecule has 1 atom stereocenters. The first-order valence-corrected chi connectivity index (χ1v) is 8.24. The lowest BCUT2D eigenvalue weighted by molar-refractivity contribution is 0.508. The highest BCUT2D eigenvalue weighted by atomic mass is 19.1. The van der Waals surface area contributed by atoms with Gasteiger partial charge in [0, 0.05) is 16.7 Å². The highest BCUT2D eigenvalue weighted by Crippen LogP contribution is 2.27. The van der Waals surface area contributed by atoms with Crippen molar-refractivity contribution in [3.05, 3.63) is 78.1 Å². The number of nitrogens with one attached hydrogen (secondary N) is 2. The van der Waals surface area contributed by atoms with Gasteiger partial charge in [0.15, 0.2) is 0 Å². The van der Waals surface area contributed by atoms with E-state index < -0.39 is 0 Å². The SMILES string of the molecule is C=C(Nc1cc(C(=N)/C=C/C2C=CC(F)=CC2)ccc1F)C(C)(C)C. The van der Waals surface area contributed by atoms with E-state index in [1.807, 2.05) is 26.8 Å². The molecule has 25 heavy (non-hydrogen) atoms. The van der Waals surface area contributed by atoms with Gasteiger partial charge in [-0.1, -0.05) is 39.5 Å². The largest absolute Gasteiger partial charge is 0.357 e. The van der Waals surface area contributed by atoms with Gasteiger partial charge in [-0.2, -0.15) is 0 Å². The van der Waals surface area contributed by atoms with Crippen molar-refractivity contribution in [2.24, 2.45) is 11.3 Å². The van der Waals surface area contributed by atoms with Crippen molar-refractivity contribution in [2.75, 3.05) is 5.32 Å². The van der Waals surface area contributed by atoms with E-state index in [2.05, 4.69) is 11.9 Å². The zero-order valence-corrected chi connectivity index (χ0v) is 14.9. The van der Waals surface area contributed by atoms with E-state index in [0.717, 1.165) is 0 Å². The predicted octanol–water partition coefficient (Wildman–Crippen LogP) is 6.15. The Bertz CT molecular complexity index is 765. The van der Waals surface area contributed by atoms with Gasteiger partial charge in [-0.15, -0.1) is 0 Å². The molecule has 0 saturated carbocycles. The molecule has 1 aliphatic carbocycles. The minimum Gasteiger partial charge on any atom is -0.357 e. The van der Waals surface area contributed by atoms with E-state index in [1.165, 1.54) is 18.2 Å². The van der Waals surface area contributed by atoms with Crippen LogP contribution in [0.5, 0.6) is 0 Å². The van der Waals surface area contributed by atoms with Crippen molar-refractivity contribution in [3.63, 3.8) is 0 Å². The van der Waals surface area contributed by atoms with Crippen LogP contribution >= 0.6 is 0 Å². The molecule has 2 N–H and O–H groups in total. The second kappa shape index (κ2) is 7.60. The second-order valence-corrected chi connectivity index (χ2v) is 7.17. The zero-order valence-electron chi connectivity index (χ0n) is 14.9. The van der Waals surface area contributed by atoms with Crippen molar-refractivity contribution in [1.29, 1.82) is 5.41 Å². The number of benzene rings is 1. The summed E-state index contributed by atoms with van der Waals surface area (Å²) in [5, 5.41) is 11.2. The Labute approximate surface area is 148 Å². The molecular weight excluding hydrogens is 318 g/mol. The molecule has 0 spiro atoms. The molecule has 0 radical (unpaired) electrons. The molecule has 2 rings (SSSR count). The van der Waals surface area contributed by atoms with Crippen LogP contribution in [0.4, 0.5) is 14.5 Å². The first-order valence-electron chi connectivity index (χ1n) is 8.24. The third-order valence-electron chi connectivity index (χ3n) is 4.07. The van der Waals surface area contributed by atoms with Crippen molar-refractivity contribution in [1.82, 2.24) is 0 Å². The van der Waals surface area contributed by atoms with Crippen molar-refractivity contribution < 1.29 is 8.78 Å². The second-order valence-electron chi connectivity index (χ2n) is 7.17. The van der Waals surface area contributed by atoms with Gasteiger partial charge < -0.3 is 10.7 Å². The molecule has 0 aromatic heterocycles. The topological polar surface area (TPSA) is 35.9 Å². The maximum Gasteiger partial charge on any atom is 0.146 e. The summed E-state index contributed by atoms with van der Waals surface area (Å²) < 4.78 is 27.0. The van der Waals surface area contributed by atoms with Crippen molar-refractivity contribution in [3.8, 4) is 0 Å². The van der Waals surface area contributed by atoms with Crippen LogP contribution in [0.3, 0.4) is 0 Å². The van der Waals surface area contributed by atoms with Crippen LogP contribution in [0, 0.1) is 22.6 Å². The van der Waals surface area contributed by atoms with E-state index in [4.69, 9.17) is 5.41 Å². The maximum absolute atomic E-state index is 14.1. The number of hydrogen-bond donors (Lipinski definition) is 2. The quantitative estimate of drug-likeness (QED) is 0.618. The summed E-state index contributed by atoms with van der Waals surface area (Å²) in [6.45, 7) is 9.92. The molecule has 1 aliphatic rings. The fraction of sp³-hybridized carbons (Fsp3) is 0.286. The van der Waals surface area contributed by atoms with Crippen LogP contribution in [0.2, 0.25) is 0 Å². The molecule has 132 valence electrons. The van der Waals surface area contributed by atoms with Crippen molar-refractivity contribution in [2.45, 2.75) is 27.2 Å². The van der Waals surface area contributed by atoms with E-state index in [-0.39, 0.29) is 28.7 Å². The normalized spacial score (nSPS) is 17.5. The summed E-state index contributed by atoms with van der Waals surface area (Å²) >= 11 is 0. The highest BCUT2D eigenvalue weighted by Gasteiger charge is 2.16. The van der Waals surface area contributed by atoms with Gasteiger partial charge in [0.25, 0.3) is 0 Å². The van der Waals surface area contributed by atoms with Crippen LogP contribution in [0.25, 0.3) is 0 Å². The molecule has 1 aromatic rings. The molecule has 4 heteroatoms. The van der Waals surface area contributed by atoms with Gasteiger partial charge in [0.1, 0.15) is 11.6 Å². The van der Waals surface area contributed by atoms with Crippen LogP contribution in [0.1, 0.15) is 32.8 Å². The zero-order chi connectivity index (χ0) is 18.6. The van der Waals surface area contributed by atoms with E-state index in [0.29, 0.717) is 23.4 Å². The Morgan fingerprint density at radius 1 is 1.32 bits per heavy atom. The molecule has 0 fully saturated rings. The predicted molar refractivity (Wildman–Crippen MR) is 101 cm³/mol. The van der Waals surface area contributed by atoms with E-state index in [9.17, 15) is 8.78 Å². The summed E-state index contributed by atoms with van der Waals surface area (Å²) in [5.41, 5.74) is 1.67.